The molecule has 4 nitrogen and oxygen atoms in total. The zero-order chi connectivity index (χ0) is 14.7. The van der Waals surface area contributed by atoms with E-state index in [1.165, 1.54) is 6.07 Å². The molecule has 0 radical (unpaired) electrons. The van der Waals surface area contributed by atoms with Crippen molar-refractivity contribution >= 4 is 27.6 Å². The molecular formula is C14H17BrFN3O. The lowest BCUT2D eigenvalue weighted by Crippen LogP contribution is -2.13. The molecule has 0 aliphatic heterocycles. The number of nitrogens with one attached hydrogen (secondary N) is 1. The van der Waals surface area contributed by atoms with Crippen LogP contribution in [0.4, 0.5) is 16.0 Å². The minimum Gasteiger partial charge on any atom is -0.383 e. The van der Waals surface area contributed by atoms with Crippen molar-refractivity contribution in [2.75, 3.05) is 19.0 Å². The van der Waals surface area contributed by atoms with Crippen molar-refractivity contribution in [1.82, 2.24) is 9.55 Å². The van der Waals surface area contributed by atoms with Gasteiger partial charge in [0, 0.05) is 25.2 Å². The van der Waals surface area contributed by atoms with E-state index in [0.717, 1.165) is 5.56 Å². The zero-order valence-electron chi connectivity index (χ0n) is 11.7. The SMILES string of the molecule is COCC(C)n1ccnc1Nc1cc(F)c(Br)cc1C. The number of anilines is 2. The Morgan fingerprint density at radius 1 is 1.50 bits per heavy atom. The summed E-state index contributed by atoms with van der Waals surface area (Å²) < 4.78 is 21.2. The molecule has 2 aromatic rings. The first-order valence-corrected chi connectivity index (χ1v) is 7.06. The van der Waals surface area contributed by atoms with Crippen molar-refractivity contribution in [2.45, 2.75) is 19.9 Å². The first-order chi connectivity index (χ1) is 9.52. The molecule has 1 heterocycles. The summed E-state index contributed by atoms with van der Waals surface area (Å²) in [5, 5.41) is 3.16. The molecule has 0 saturated carbocycles. The van der Waals surface area contributed by atoms with E-state index in [1.807, 2.05) is 24.6 Å². The predicted molar refractivity (Wildman–Crippen MR) is 80.9 cm³/mol. The van der Waals surface area contributed by atoms with Crippen LogP contribution in [0.1, 0.15) is 18.5 Å². The number of benzene rings is 1. The number of hydrogen-bond donors (Lipinski definition) is 1. The van der Waals surface area contributed by atoms with Gasteiger partial charge in [0.1, 0.15) is 5.82 Å². The maximum absolute atomic E-state index is 13.6. The minimum atomic E-state index is -0.304. The topological polar surface area (TPSA) is 39.1 Å². The van der Waals surface area contributed by atoms with Gasteiger partial charge >= 0.3 is 0 Å². The fourth-order valence-corrected chi connectivity index (χ4v) is 2.45. The summed E-state index contributed by atoms with van der Waals surface area (Å²) >= 11 is 3.18. The molecule has 1 aromatic heterocycles. The van der Waals surface area contributed by atoms with Crippen LogP contribution in [0.25, 0.3) is 0 Å². The van der Waals surface area contributed by atoms with Crippen molar-refractivity contribution in [2.24, 2.45) is 0 Å². The molecule has 0 spiro atoms. The minimum absolute atomic E-state index is 0.144. The zero-order valence-corrected chi connectivity index (χ0v) is 13.2. The first kappa shape index (κ1) is 15.0. The quantitative estimate of drug-likeness (QED) is 0.891. The van der Waals surface area contributed by atoms with Gasteiger partial charge < -0.3 is 14.6 Å². The smallest absolute Gasteiger partial charge is 0.207 e. The van der Waals surface area contributed by atoms with Crippen LogP contribution in [0.5, 0.6) is 0 Å². The lowest BCUT2D eigenvalue weighted by molar-refractivity contribution is 0.163. The largest absolute Gasteiger partial charge is 0.383 e. The number of nitrogens with zero attached hydrogens (tertiary/aromatic N) is 2. The molecule has 20 heavy (non-hydrogen) atoms. The number of aromatic nitrogens is 2. The van der Waals surface area contributed by atoms with E-state index in [1.54, 1.807) is 19.4 Å². The molecule has 2 rings (SSSR count). The van der Waals surface area contributed by atoms with E-state index in [-0.39, 0.29) is 11.9 Å². The van der Waals surface area contributed by atoms with Gasteiger partial charge in [-0.3, -0.25) is 0 Å². The average molecular weight is 342 g/mol. The van der Waals surface area contributed by atoms with Crippen LogP contribution in [0.15, 0.2) is 29.0 Å². The lowest BCUT2D eigenvalue weighted by Gasteiger charge is -2.17. The molecule has 0 saturated heterocycles. The van der Waals surface area contributed by atoms with E-state index in [4.69, 9.17) is 4.74 Å². The standard InChI is InChI=1S/C14H17BrFN3O/c1-9-6-11(15)12(16)7-13(9)18-14-17-4-5-19(14)10(2)8-20-3/h4-7,10H,8H2,1-3H3,(H,17,18). The molecule has 0 amide bonds. The summed E-state index contributed by atoms with van der Waals surface area (Å²) in [5.41, 5.74) is 1.63. The third-order valence-electron chi connectivity index (χ3n) is 3.07. The van der Waals surface area contributed by atoms with Crippen molar-refractivity contribution in [3.05, 3.63) is 40.4 Å². The van der Waals surface area contributed by atoms with Gasteiger partial charge in [-0.05, 0) is 47.5 Å². The van der Waals surface area contributed by atoms with Gasteiger partial charge in [-0.1, -0.05) is 0 Å². The van der Waals surface area contributed by atoms with E-state index in [9.17, 15) is 4.39 Å². The summed E-state index contributed by atoms with van der Waals surface area (Å²) in [6, 6.07) is 3.34. The van der Waals surface area contributed by atoms with Gasteiger partial charge in [0.05, 0.1) is 17.1 Å². The molecule has 1 N–H and O–H groups in total. The molecule has 0 aliphatic carbocycles. The van der Waals surface area contributed by atoms with Crippen LogP contribution in [-0.2, 0) is 4.74 Å². The van der Waals surface area contributed by atoms with Gasteiger partial charge in [0.2, 0.25) is 5.95 Å². The molecule has 0 fully saturated rings. The van der Waals surface area contributed by atoms with E-state index in [2.05, 4.69) is 26.2 Å². The predicted octanol–water partition coefficient (Wildman–Crippen LogP) is 4.04. The van der Waals surface area contributed by atoms with Crippen LogP contribution in [0, 0.1) is 12.7 Å². The Morgan fingerprint density at radius 2 is 2.25 bits per heavy atom. The van der Waals surface area contributed by atoms with Crippen LogP contribution in [-0.4, -0.2) is 23.3 Å². The fourth-order valence-electron chi connectivity index (χ4n) is 1.99. The molecule has 6 heteroatoms. The van der Waals surface area contributed by atoms with Crippen molar-refractivity contribution in [3.63, 3.8) is 0 Å². The average Bonchev–Trinajstić information content (AvgIpc) is 2.84. The second-order valence-corrected chi connectivity index (χ2v) is 5.52. The van der Waals surface area contributed by atoms with E-state index < -0.39 is 0 Å². The Bertz CT molecular complexity index is 600. The van der Waals surface area contributed by atoms with Crippen LogP contribution >= 0.6 is 15.9 Å². The van der Waals surface area contributed by atoms with Gasteiger partial charge in [0.25, 0.3) is 0 Å². The summed E-state index contributed by atoms with van der Waals surface area (Å²) in [6.45, 7) is 4.53. The number of rotatable bonds is 5. The fraction of sp³-hybridized carbons (Fsp3) is 0.357. The second-order valence-electron chi connectivity index (χ2n) is 4.67. The Labute approximate surface area is 126 Å². The highest BCUT2D eigenvalue weighted by Gasteiger charge is 2.12. The Morgan fingerprint density at radius 3 is 2.95 bits per heavy atom. The first-order valence-electron chi connectivity index (χ1n) is 6.27. The molecule has 0 bridgehead atoms. The van der Waals surface area contributed by atoms with E-state index >= 15 is 0 Å². The number of ether oxygens (including phenoxy) is 1. The van der Waals surface area contributed by atoms with Gasteiger partial charge in [0.15, 0.2) is 0 Å². The highest BCUT2D eigenvalue weighted by Crippen LogP contribution is 2.27. The van der Waals surface area contributed by atoms with Crippen LogP contribution < -0.4 is 5.32 Å². The maximum Gasteiger partial charge on any atom is 0.207 e. The molecule has 1 unspecified atom stereocenters. The third kappa shape index (κ3) is 3.19. The molecule has 0 aliphatic rings. The summed E-state index contributed by atoms with van der Waals surface area (Å²) in [7, 11) is 1.66. The molecule has 1 aromatic carbocycles. The number of halogens is 2. The maximum atomic E-state index is 13.6. The third-order valence-corrected chi connectivity index (χ3v) is 3.67. The Balaban J connectivity index is 2.27. The monoisotopic (exact) mass is 341 g/mol. The number of imidazole rings is 1. The number of aryl methyl sites for hydroxylation is 1. The Kier molecular flexibility index (Phi) is 4.77. The van der Waals surface area contributed by atoms with Gasteiger partial charge in [-0.25, -0.2) is 9.37 Å². The van der Waals surface area contributed by atoms with Crippen molar-refractivity contribution in [3.8, 4) is 0 Å². The normalized spacial score (nSPS) is 12.4. The van der Waals surface area contributed by atoms with Gasteiger partial charge in [-0.2, -0.15) is 0 Å². The Hall–Kier alpha value is -1.40. The molecule has 108 valence electrons. The number of methoxy groups -OCH3 is 1. The molecule has 1 atom stereocenters. The second kappa shape index (κ2) is 6.37. The summed E-state index contributed by atoms with van der Waals surface area (Å²) in [4.78, 5) is 4.27. The highest BCUT2D eigenvalue weighted by atomic mass is 79.9. The number of hydrogen-bond acceptors (Lipinski definition) is 3. The summed E-state index contributed by atoms with van der Waals surface area (Å²) in [6.07, 6.45) is 3.58. The van der Waals surface area contributed by atoms with Gasteiger partial charge in [-0.15, -0.1) is 0 Å². The van der Waals surface area contributed by atoms with Crippen molar-refractivity contribution in [1.29, 1.82) is 0 Å². The highest BCUT2D eigenvalue weighted by molar-refractivity contribution is 9.10. The summed E-state index contributed by atoms with van der Waals surface area (Å²) in [5.74, 6) is 0.362. The van der Waals surface area contributed by atoms with E-state index in [0.29, 0.717) is 22.7 Å². The van der Waals surface area contributed by atoms with Crippen LogP contribution in [0.2, 0.25) is 0 Å². The van der Waals surface area contributed by atoms with Crippen LogP contribution in [0.3, 0.4) is 0 Å². The molecular weight excluding hydrogens is 325 g/mol. The van der Waals surface area contributed by atoms with Crippen molar-refractivity contribution < 1.29 is 9.13 Å². The lowest BCUT2D eigenvalue weighted by atomic mass is 10.2.